The molecule has 1 fully saturated rings. The molecule has 20 heavy (non-hydrogen) atoms. The number of rotatable bonds is 4. The maximum Gasteiger partial charge on any atom is 0.252 e. The third kappa shape index (κ3) is 3.08. The van der Waals surface area contributed by atoms with E-state index < -0.39 is 5.91 Å². The quantitative estimate of drug-likeness (QED) is 0.750. The van der Waals surface area contributed by atoms with E-state index in [2.05, 4.69) is 15.6 Å². The van der Waals surface area contributed by atoms with E-state index in [0.717, 1.165) is 30.8 Å². The minimum absolute atomic E-state index is 0.0708. The molecule has 0 aromatic carbocycles. The van der Waals surface area contributed by atoms with E-state index in [9.17, 15) is 4.79 Å². The number of carbonyl (C=O) groups excluding carboxylic acids is 1. The summed E-state index contributed by atoms with van der Waals surface area (Å²) in [7, 11) is 1.70. The van der Waals surface area contributed by atoms with Crippen molar-refractivity contribution < 1.29 is 9.53 Å². The lowest BCUT2D eigenvalue weighted by Gasteiger charge is -2.32. The zero-order valence-electron chi connectivity index (χ0n) is 12.2. The molecule has 1 aliphatic rings. The number of nitrogens with two attached hydrogens (primary N) is 1. The van der Waals surface area contributed by atoms with Gasteiger partial charge in [-0.15, -0.1) is 0 Å². The van der Waals surface area contributed by atoms with Crippen molar-refractivity contribution in [1.82, 2.24) is 10.3 Å². The van der Waals surface area contributed by atoms with Crippen molar-refractivity contribution in [1.29, 1.82) is 0 Å². The maximum atomic E-state index is 11.6. The van der Waals surface area contributed by atoms with Crippen LogP contribution in [-0.2, 0) is 4.74 Å². The molecule has 1 aromatic heterocycles. The topological polar surface area (TPSA) is 89.3 Å². The van der Waals surface area contributed by atoms with E-state index >= 15 is 0 Å². The second kappa shape index (κ2) is 6.19. The molecule has 2 rings (SSSR count). The molecule has 1 amide bonds. The van der Waals surface area contributed by atoms with Crippen LogP contribution in [0.3, 0.4) is 0 Å². The largest absolute Gasteiger partial charge is 0.379 e. The van der Waals surface area contributed by atoms with Crippen LogP contribution in [0.5, 0.6) is 0 Å². The summed E-state index contributed by atoms with van der Waals surface area (Å²) in [5, 5.41) is 6.61. The molecule has 1 aromatic rings. The van der Waals surface area contributed by atoms with Crippen molar-refractivity contribution in [2.24, 2.45) is 5.73 Å². The SMILES string of the molecule is CO[C@@H]1CCNC[C@@H]1Nc1nc(C)c(C)cc1C(N)=O. The first kappa shape index (κ1) is 14.7. The number of aryl methyl sites for hydroxylation is 2. The number of aromatic nitrogens is 1. The predicted molar refractivity (Wildman–Crippen MR) is 77.9 cm³/mol. The molecule has 4 N–H and O–H groups in total. The van der Waals surface area contributed by atoms with Crippen LogP contribution < -0.4 is 16.4 Å². The number of amides is 1. The average molecular weight is 278 g/mol. The highest BCUT2D eigenvalue weighted by Gasteiger charge is 2.26. The Hall–Kier alpha value is -1.66. The molecule has 6 nitrogen and oxygen atoms in total. The average Bonchev–Trinajstić information content (AvgIpc) is 2.43. The second-order valence-electron chi connectivity index (χ2n) is 5.17. The number of anilines is 1. The number of piperidine rings is 1. The predicted octanol–water partition coefficient (Wildman–Crippen LogP) is 0.586. The maximum absolute atomic E-state index is 11.6. The fraction of sp³-hybridized carbons (Fsp3) is 0.571. The second-order valence-corrected chi connectivity index (χ2v) is 5.17. The van der Waals surface area contributed by atoms with Crippen LogP contribution in [0.2, 0.25) is 0 Å². The monoisotopic (exact) mass is 278 g/mol. The van der Waals surface area contributed by atoms with E-state index in [1.165, 1.54) is 0 Å². The van der Waals surface area contributed by atoms with Crippen LogP contribution in [0, 0.1) is 13.8 Å². The van der Waals surface area contributed by atoms with Gasteiger partial charge in [-0.25, -0.2) is 4.98 Å². The Labute approximate surface area is 119 Å². The van der Waals surface area contributed by atoms with Gasteiger partial charge in [0.05, 0.1) is 17.7 Å². The van der Waals surface area contributed by atoms with Crippen LogP contribution in [0.1, 0.15) is 28.0 Å². The summed E-state index contributed by atoms with van der Waals surface area (Å²) in [5.41, 5.74) is 7.70. The zero-order chi connectivity index (χ0) is 14.7. The molecule has 0 bridgehead atoms. The number of carbonyl (C=O) groups is 1. The first-order valence-corrected chi connectivity index (χ1v) is 6.81. The first-order valence-electron chi connectivity index (χ1n) is 6.81. The molecule has 0 radical (unpaired) electrons. The van der Waals surface area contributed by atoms with Gasteiger partial charge in [-0.05, 0) is 38.4 Å². The highest BCUT2D eigenvalue weighted by atomic mass is 16.5. The fourth-order valence-electron chi connectivity index (χ4n) is 2.44. The summed E-state index contributed by atoms with van der Waals surface area (Å²) < 4.78 is 5.48. The molecule has 0 spiro atoms. The van der Waals surface area contributed by atoms with Gasteiger partial charge < -0.3 is 21.1 Å². The first-order chi connectivity index (χ1) is 9.52. The van der Waals surface area contributed by atoms with E-state index in [1.54, 1.807) is 13.2 Å². The van der Waals surface area contributed by atoms with Crippen molar-refractivity contribution >= 4 is 11.7 Å². The number of primary amides is 1. The third-order valence-electron chi connectivity index (χ3n) is 3.78. The molecule has 2 heterocycles. The van der Waals surface area contributed by atoms with Crippen molar-refractivity contribution in [3.63, 3.8) is 0 Å². The molecule has 1 saturated heterocycles. The zero-order valence-corrected chi connectivity index (χ0v) is 12.2. The van der Waals surface area contributed by atoms with Crippen LogP contribution in [0.25, 0.3) is 0 Å². The Balaban J connectivity index is 2.27. The molecule has 110 valence electrons. The minimum Gasteiger partial charge on any atom is -0.379 e. The number of methoxy groups -OCH3 is 1. The van der Waals surface area contributed by atoms with Crippen LogP contribution in [-0.4, -0.2) is 43.2 Å². The molecule has 0 aliphatic carbocycles. The molecule has 6 heteroatoms. The number of hydrogen-bond donors (Lipinski definition) is 3. The fourth-order valence-corrected chi connectivity index (χ4v) is 2.44. The van der Waals surface area contributed by atoms with E-state index in [1.807, 2.05) is 13.8 Å². The standard InChI is InChI=1S/C14H22N4O2/c1-8-6-10(13(15)19)14(17-9(8)2)18-11-7-16-5-4-12(11)20-3/h6,11-12,16H,4-5,7H2,1-3H3,(H2,15,19)(H,17,18)/t11-,12+/m0/s1. The van der Waals surface area contributed by atoms with Crippen LogP contribution in [0.15, 0.2) is 6.07 Å². The number of nitrogens with one attached hydrogen (secondary N) is 2. The number of nitrogens with zero attached hydrogens (tertiary/aromatic N) is 1. The van der Waals surface area contributed by atoms with Gasteiger partial charge in [-0.3, -0.25) is 4.79 Å². The van der Waals surface area contributed by atoms with Crippen molar-refractivity contribution in [2.45, 2.75) is 32.4 Å². The number of hydrogen-bond acceptors (Lipinski definition) is 5. The van der Waals surface area contributed by atoms with E-state index in [-0.39, 0.29) is 12.1 Å². The smallest absolute Gasteiger partial charge is 0.252 e. The normalized spacial score (nSPS) is 22.6. The molecular weight excluding hydrogens is 256 g/mol. The Morgan fingerprint density at radius 2 is 2.30 bits per heavy atom. The summed E-state index contributed by atoms with van der Waals surface area (Å²) in [4.78, 5) is 16.0. The van der Waals surface area contributed by atoms with Gasteiger partial charge in [0, 0.05) is 19.3 Å². The number of ether oxygens (including phenoxy) is 1. The Morgan fingerprint density at radius 1 is 1.55 bits per heavy atom. The van der Waals surface area contributed by atoms with Gasteiger partial charge in [-0.2, -0.15) is 0 Å². The Kier molecular flexibility index (Phi) is 4.57. The highest BCUT2D eigenvalue weighted by Crippen LogP contribution is 2.20. The van der Waals surface area contributed by atoms with Gasteiger partial charge in [0.25, 0.3) is 5.91 Å². The van der Waals surface area contributed by atoms with Gasteiger partial charge in [0.15, 0.2) is 0 Å². The van der Waals surface area contributed by atoms with Crippen molar-refractivity contribution in [3.8, 4) is 0 Å². The van der Waals surface area contributed by atoms with Gasteiger partial charge >= 0.3 is 0 Å². The minimum atomic E-state index is -0.471. The molecule has 1 aliphatic heterocycles. The molecular formula is C14H22N4O2. The lowest BCUT2D eigenvalue weighted by atomic mass is 10.0. The van der Waals surface area contributed by atoms with Gasteiger partial charge in [0.2, 0.25) is 0 Å². The lowest BCUT2D eigenvalue weighted by molar-refractivity contribution is 0.0663. The van der Waals surface area contributed by atoms with E-state index in [0.29, 0.717) is 11.4 Å². The van der Waals surface area contributed by atoms with Crippen LogP contribution in [0.4, 0.5) is 5.82 Å². The van der Waals surface area contributed by atoms with Crippen molar-refractivity contribution in [3.05, 3.63) is 22.9 Å². The summed E-state index contributed by atoms with van der Waals surface area (Å²) in [5.74, 6) is 0.0668. The summed E-state index contributed by atoms with van der Waals surface area (Å²) in [6.45, 7) is 5.53. The summed E-state index contributed by atoms with van der Waals surface area (Å²) >= 11 is 0. The van der Waals surface area contributed by atoms with Gasteiger partial charge in [-0.1, -0.05) is 0 Å². The molecule has 2 atom stereocenters. The van der Waals surface area contributed by atoms with Gasteiger partial charge in [0.1, 0.15) is 5.82 Å². The van der Waals surface area contributed by atoms with E-state index in [4.69, 9.17) is 10.5 Å². The third-order valence-corrected chi connectivity index (χ3v) is 3.78. The molecule has 0 unspecified atom stereocenters. The van der Waals surface area contributed by atoms with Crippen LogP contribution >= 0.6 is 0 Å². The summed E-state index contributed by atoms with van der Waals surface area (Å²) in [6.07, 6.45) is 1.02. The Morgan fingerprint density at radius 3 is 2.95 bits per heavy atom. The molecule has 0 saturated carbocycles. The summed E-state index contributed by atoms with van der Waals surface area (Å²) in [6, 6.07) is 1.85. The number of pyridine rings is 1. The lowest BCUT2D eigenvalue weighted by Crippen LogP contribution is -2.49. The Bertz CT molecular complexity index is 504. The highest BCUT2D eigenvalue weighted by molar-refractivity contribution is 5.97. The van der Waals surface area contributed by atoms with Crippen molar-refractivity contribution in [2.75, 3.05) is 25.5 Å².